The van der Waals surface area contributed by atoms with Gasteiger partial charge in [0.05, 0.1) is 52.9 Å². The average Bonchev–Trinajstić information content (AvgIpc) is 2.60. The second-order valence-corrected chi connectivity index (χ2v) is 5.73. The van der Waals surface area contributed by atoms with Crippen molar-refractivity contribution in [1.29, 1.82) is 0 Å². The lowest BCUT2D eigenvalue weighted by atomic mass is 10.1. The Morgan fingerprint density at radius 1 is 0.542 bits per heavy atom. The van der Waals surface area contributed by atoms with Crippen LogP contribution in [0.15, 0.2) is 12.7 Å². The van der Waals surface area contributed by atoms with E-state index in [2.05, 4.69) is 6.58 Å². The first-order chi connectivity index (χ1) is 11.9. The van der Waals surface area contributed by atoms with Crippen LogP contribution >= 0.6 is 0 Å². The topological polar surface area (TPSA) is 57.2 Å². The Bertz CT molecular complexity index is 236. The smallest absolute Gasteiger partial charge is 0.0701 e. The fourth-order valence-corrected chi connectivity index (χ4v) is 2.20. The van der Waals surface area contributed by atoms with Crippen LogP contribution in [0.25, 0.3) is 0 Å². The van der Waals surface area contributed by atoms with Crippen molar-refractivity contribution in [3.63, 3.8) is 0 Å². The van der Waals surface area contributed by atoms with Crippen LogP contribution in [0.1, 0.15) is 51.4 Å². The van der Waals surface area contributed by atoms with Gasteiger partial charge in [0.2, 0.25) is 0 Å². The average molecular weight is 347 g/mol. The molecule has 5 nitrogen and oxygen atoms in total. The van der Waals surface area contributed by atoms with Crippen molar-refractivity contribution in [1.82, 2.24) is 0 Å². The maximum absolute atomic E-state index is 8.52. The highest BCUT2D eigenvalue weighted by molar-refractivity contribution is 4.65. The van der Waals surface area contributed by atoms with Gasteiger partial charge in [-0.1, -0.05) is 38.2 Å². The molecule has 0 saturated heterocycles. The number of allylic oxidation sites excluding steroid dienone is 1. The maximum Gasteiger partial charge on any atom is 0.0701 e. The molecular weight excluding hydrogens is 308 g/mol. The minimum atomic E-state index is 0.0548. The Hall–Kier alpha value is -0.460. The summed E-state index contributed by atoms with van der Waals surface area (Å²) >= 11 is 0. The summed E-state index contributed by atoms with van der Waals surface area (Å²) in [5.41, 5.74) is 0. The molecule has 0 unspecified atom stereocenters. The number of hydrogen-bond donors (Lipinski definition) is 1. The Kier molecular flexibility index (Phi) is 22.1. The van der Waals surface area contributed by atoms with Crippen LogP contribution in [0.2, 0.25) is 0 Å². The lowest BCUT2D eigenvalue weighted by molar-refractivity contribution is -0.00577. The lowest BCUT2D eigenvalue weighted by Gasteiger charge is -2.07. The van der Waals surface area contributed by atoms with E-state index in [9.17, 15) is 0 Å². The third-order valence-corrected chi connectivity index (χ3v) is 3.55. The fraction of sp³-hybridized carbons (Fsp3) is 0.895. The second kappa shape index (κ2) is 22.5. The second-order valence-electron chi connectivity index (χ2n) is 5.73. The molecule has 0 heterocycles. The largest absolute Gasteiger partial charge is 0.394 e. The summed E-state index contributed by atoms with van der Waals surface area (Å²) in [6.45, 7) is 8.46. The Labute approximate surface area is 148 Å². The summed E-state index contributed by atoms with van der Waals surface area (Å²) in [7, 11) is 0. The molecule has 0 bridgehead atoms. The van der Waals surface area contributed by atoms with E-state index in [0.29, 0.717) is 46.2 Å². The molecule has 0 fully saturated rings. The number of aliphatic hydroxyl groups is 1. The van der Waals surface area contributed by atoms with Crippen molar-refractivity contribution in [2.45, 2.75) is 51.4 Å². The Morgan fingerprint density at radius 3 is 1.46 bits per heavy atom. The van der Waals surface area contributed by atoms with Crippen LogP contribution in [0, 0.1) is 0 Å². The molecule has 0 spiro atoms. The van der Waals surface area contributed by atoms with Gasteiger partial charge in [0.15, 0.2) is 0 Å². The predicted molar refractivity (Wildman–Crippen MR) is 97.5 cm³/mol. The van der Waals surface area contributed by atoms with E-state index >= 15 is 0 Å². The molecule has 5 heteroatoms. The minimum absolute atomic E-state index is 0.0548. The van der Waals surface area contributed by atoms with E-state index in [1.54, 1.807) is 0 Å². The SMILES string of the molecule is C=CCCCCCCCCCOCCOCCOCCOCCO. The first-order valence-electron chi connectivity index (χ1n) is 9.44. The quantitative estimate of drug-likeness (QED) is 0.255. The first kappa shape index (κ1) is 23.5. The van der Waals surface area contributed by atoms with E-state index in [-0.39, 0.29) is 6.61 Å². The van der Waals surface area contributed by atoms with Crippen molar-refractivity contribution in [3.05, 3.63) is 12.7 Å². The molecule has 0 aromatic carbocycles. The summed E-state index contributed by atoms with van der Waals surface area (Å²) in [5, 5.41) is 8.52. The molecule has 144 valence electrons. The molecule has 0 amide bonds. The van der Waals surface area contributed by atoms with Gasteiger partial charge in [0, 0.05) is 6.61 Å². The molecule has 24 heavy (non-hydrogen) atoms. The van der Waals surface area contributed by atoms with Crippen molar-refractivity contribution in [2.75, 3.05) is 59.5 Å². The number of unbranched alkanes of at least 4 members (excludes halogenated alkanes) is 7. The molecule has 0 aliphatic heterocycles. The van der Waals surface area contributed by atoms with Gasteiger partial charge in [0.1, 0.15) is 0 Å². The molecule has 1 N–H and O–H groups in total. The zero-order valence-electron chi connectivity index (χ0n) is 15.4. The number of aliphatic hydroxyl groups excluding tert-OH is 1. The van der Waals surface area contributed by atoms with Gasteiger partial charge in [0.25, 0.3) is 0 Å². The summed E-state index contributed by atoms with van der Waals surface area (Å²) < 4.78 is 21.3. The van der Waals surface area contributed by atoms with Crippen LogP contribution in [0.5, 0.6) is 0 Å². The van der Waals surface area contributed by atoms with E-state index in [1.165, 1.54) is 38.5 Å². The van der Waals surface area contributed by atoms with Crippen LogP contribution in [-0.4, -0.2) is 64.6 Å². The lowest BCUT2D eigenvalue weighted by Crippen LogP contribution is -2.12. The Balaban J connectivity index is 2.94. The number of rotatable bonds is 21. The molecule has 0 aromatic heterocycles. The van der Waals surface area contributed by atoms with E-state index in [1.807, 2.05) is 6.08 Å². The highest BCUT2D eigenvalue weighted by Gasteiger charge is 1.94. The van der Waals surface area contributed by atoms with E-state index in [0.717, 1.165) is 19.4 Å². The van der Waals surface area contributed by atoms with Crippen LogP contribution in [0.4, 0.5) is 0 Å². The predicted octanol–water partition coefficient (Wildman–Crippen LogP) is 3.35. The van der Waals surface area contributed by atoms with Crippen molar-refractivity contribution in [3.8, 4) is 0 Å². The Morgan fingerprint density at radius 2 is 0.958 bits per heavy atom. The van der Waals surface area contributed by atoms with Gasteiger partial charge in [-0.2, -0.15) is 0 Å². The first-order valence-corrected chi connectivity index (χ1v) is 9.44. The molecule has 0 aliphatic carbocycles. The summed E-state index contributed by atoms with van der Waals surface area (Å²) in [6.07, 6.45) is 12.2. The third kappa shape index (κ3) is 21.5. The molecule has 0 atom stereocenters. The van der Waals surface area contributed by atoms with Crippen LogP contribution in [0.3, 0.4) is 0 Å². The van der Waals surface area contributed by atoms with Gasteiger partial charge in [-0.3, -0.25) is 0 Å². The van der Waals surface area contributed by atoms with Gasteiger partial charge in [-0.05, 0) is 19.3 Å². The number of ether oxygens (including phenoxy) is 4. The van der Waals surface area contributed by atoms with Crippen LogP contribution < -0.4 is 0 Å². The molecule has 0 saturated carbocycles. The molecule has 0 rings (SSSR count). The van der Waals surface area contributed by atoms with E-state index in [4.69, 9.17) is 24.1 Å². The highest BCUT2D eigenvalue weighted by Crippen LogP contribution is 2.08. The van der Waals surface area contributed by atoms with Crippen molar-refractivity contribution < 1.29 is 24.1 Å². The van der Waals surface area contributed by atoms with Gasteiger partial charge < -0.3 is 24.1 Å². The van der Waals surface area contributed by atoms with Crippen molar-refractivity contribution in [2.24, 2.45) is 0 Å². The molecule has 0 aromatic rings. The van der Waals surface area contributed by atoms with Crippen molar-refractivity contribution >= 4 is 0 Å². The minimum Gasteiger partial charge on any atom is -0.394 e. The molecule has 0 aliphatic rings. The van der Waals surface area contributed by atoms with Gasteiger partial charge in [-0.15, -0.1) is 6.58 Å². The van der Waals surface area contributed by atoms with Crippen LogP contribution in [-0.2, 0) is 18.9 Å². The maximum atomic E-state index is 8.52. The summed E-state index contributed by atoms with van der Waals surface area (Å²) in [4.78, 5) is 0. The van der Waals surface area contributed by atoms with E-state index < -0.39 is 0 Å². The third-order valence-electron chi connectivity index (χ3n) is 3.55. The fourth-order valence-electron chi connectivity index (χ4n) is 2.20. The molecular formula is C19H38O5. The zero-order valence-corrected chi connectivity index (χ0v) is 15.4. The zero-order chi connectivity index (χ0) is 17.6. The van der Waals surface area contributed by atoms with Gasteiger partial charge in [-0.25, -0.2) is 0 Å². The monoisotopic (exact) mass is 346 g/mol. The summed E-state index contributed by atoms with van der Waals surface area (Å²) in [5.74, 6) is 0. The molecule has 0 radical (unpaired) electrons. The normalized spacial score (nSPS) is 11.0. The highest BCUT2D eigenvalue weighted by atomic mass is 16.6. The standard InChI is InChI=1S/C19H38O5/c1-2-3-4-5-6-7-8-9-10-12-21-14-16-23-18-19-24-17-15-22-13-11-20/h2,20H,1,3-19H2. The number of hydrogen-bond acceptors (Lipinski definition) is 5. The van der Waals surface area contributed by atoms with Gasteiger partial charge >= 0.3 is 0 Å². The summed E-state index contributed by atoms with van der Waals surface area (Å²) in [6, 6.07) is 0.